The van der Waals surface area contributed by atoms with Crippen molar-refractivity contribution in [1.29, 1.82) is 0 Å². The van der Waals surface area contributed by atoms with E-state index in [-0.39, 0.29) is 24.3 Å². The van der Waals surface area contributed by atoms with E-state index in [1.165, 1.54) is 18.2 Å². The summed E-state index contributed by atoms with van der Waals surface area (Å²) in [4.78, 5) is 22.9. The molecule has 1 aliphatic rings. The minimum Gasteiger partial charge on any atom is -0.392 e. The Kier molecular flexibility index (Phi) is 3.43. The molecule has 0 aromatic heterocycles. The largest absolute Gasteiger partial charge is 0.392 e. The van der Waals surface area contributed by atoms with Crippen LogP contribution in [0.1, 0.15) is 12.0 Å². The lowest BCUT2D eigenvalue weighted by Gasteiger charge is -2.35. The maximum absolute atomic E-state index is 12.5. The van der Waals surface area contributed by atoms with Crippen LogP contribution in [-0.2, 0) is 16.2 Å². The molecule has 0 bridgehead atoms. The number of hydrogen-bond acceptors (Lipinski definition) is 4. The van der Waals surface area contributed by atoms with E-state index in [1.807, 2.05) is 0 Å². The number of carbonyl (C=O) groups excluding carboxylic acids is 2. The fraction of sp³-hybridized carbons (Fsp3) is 0.333. The maximum atomic E-state index is 12.5. The number of anilines is 2. The van der Waals surface area contributed by atoms with Gasteiger partial charge in [-0.1, -0.05) is 6.07 Å². The van der Waals surface area contributed by atoms with Crippen molar-refractivity contribution in [3.63, 3.8) is 0 Å². The summed E-state index contributed by atoms with van der Waals surface area (Å²) in [7, 11) is 0. The minimum absolute atomic E-state index is 0.0429. The fourth-order valence-corrected chi connectivity index (χ4v) is 2.00. The van der Waals surface area contributed by atoms with Gasteiger partial charge in [0, 0.05) is 0 Å². The number of rotatable bonds is 3. The van der Waals surface area contributed by atoms with E-state index in [9.17, 15) is 22.8 Å². The fourth-order valence-electron chi connectivity index (χ4n) is 2.00. The lowest BCUT2D eigenvalue weighted by Crippen LogP contribution is -2.56. The molecule has 1 amide bonds. The van der Waals surface area contributed by atoms with Crippen molar-refractivity contribution in [1.82, 2.24) is 0 Å². The first-order chi connectivity index (χ1) is 9.29. The molecule has 108 valence electrons. The average Bonchev–Trinajstić information content (AvgIpc) is 2.37. The molecule has 0 fully saturated rings. The minimum atomic E-state index is -4.67. The van der Waals surface area contributed by atoms with Crippen LogP contribution in [0.4, 0.5) is 24.5 Å². The number of halogens is 3. The molecule has 0 aliphatic carbocycles. The van der Waals surface area contributed by atoms with Crippen LogP contribution in [-0.4, -0.2) is 29.0 Å². The third-order valence-electron chi connectivity index (χ3n) is 2.96. The molecule has 0 radical (unpaired) electrons. The first kappa shape index (κ1) is 14.3. The van der Waals surface area contributed by atoms with Crippen LogP contribution in [0.3, 0.4) is 0 Å². The van der Waals surface area contributed by atoms with Gasteiger partial charge in [0.1, 0.15) is 0 Å². The summed E-state index contributed by atoms with van der Waals surface area (Å²) >= 11 is 0. The van der Waals surface area contributed by atoms with E-state index in [2.05, 4.69) is 10.6 Å². The van der Waals surface area contributed by atoms with E-state index >= 15 is 0 Å². The van der Waals surface area contributed by atoms with Gasteiger partial charge in [-0.2, -0.15) is 13.2 Å². The van der Waals surface area contributed by atoms with Crippen molar-refractivity contribution in [3.8, 4) is 0 Å². The summed E-state index contributed by atoms with van der Waals surface area (Å²) in [5.41, 5.74) is -1.47. The number of benzene rings is 1. The quantitative estimate of drug-likeness (QED) is 0.581. The smallest absolute Gasteiger partial charge is 0.392 e. The number of carbonyl (C=O) groups is 2. The highest BCUT2D eigenvalue weighted by atomic mass is 19.4. The number of nitrogens with one attached hydrogen (secondary N) is 2. The lowest BCUT2D eigenvalue weighted by atomic mass is 9.92. The maximum Gasteiger partial charge on any atom is 0.392 e. The number of hydrogen-bond donors (Lipinski definition) is 3. The molecule has 0 spiro atoms. The van der Waals surface area contributed by atoms with Crippen LogP contribution in [0.25, 0.3) is 0 Å². The van der Waals surface area contributed by atoms with Crippen LogP contribution in [0.2, 0.25) is 0 Å². The molecule has 1 unspecified atom stereocenters. The van der Waals surface area contributed by atoms with Crippen LogP contribution in [0.15, 0.2) is 18.2 Å². The summed E-state index contributed by atoms with van der Waals surface area (Å²) in [5, 5.41) is 13.6. The van der Waals surface area contributed by atoms with Gasteiger partial charge < -0.3 is 20.5 Å². The van der Waals surface area contributed by atoms with Crippen molar-refractivity contribution < 1.29 is 27.9 Å². The summed E-state index contributed by atoms with van der Waals surface area (Å²) in [6.07, 6.45) is -6.32. The molecule has 0 saturated carbocycles. The van der Waals surface area contributed by atoms with Gasteiger partial charge in [-0.3, -0.25) is 4.79 Å². The molecule has 1 heterocycles. The Morgan fingerprint density at radius 1 is 1.30 bits per heavy atom. The van der Waals surface area contributed by atoms with E-state index in [1.54, 1.807) is 0 Å². The van der Waals surface area contributed by atoms with Gasteiger partial charge in [-0.05, 0) is 17.7 Å². The Labute approximate surface area is 111 Å². The molecule has 5 nitrogen and oxygen atoms in total. The summed E-state index contributed by atoms with van der Waals surface area (Å²) in [6, 6.07) is 4.30. The van der Waals surface area contributed by atoms with Crippen molar-refractivity contribution in [2.45, 2.75) is 24.7 Å². The summed E-state index contributed by atoms with van der Waals surface area (Å²) in [6.45, 7) is -0.273. The van der Waals surface area contributed by atoms with Crippen LogP contribution < -0.4 is 10.6 Å². The third-order valence-corrected chi connectivity index (χ3v) is 2.96. The van der Waals surface area contributed by atoms with Crippen molar-refractivity contribution in [3.05, 3.63) is 23.8 Å². The van der Waals surface area contributed by atoms with Gasteiger partial charge in [0.2, 0.25) is 0 Å². The van der Waals surface area contributed by atoms with E-state index in [0.717, 1.165) is 0 Å². The molecule has 2 rings (SSSR count). The van der Waals surface area contributed by atoms with E-state index in [0.29, 0.717) is 5.56 Å². The number of amides is 1. The van der Waals surface area contributed by atoms with E-state index < -0.39 is 24.0 Å². The van der Waals surface area contributed by atoms with Crippen LogP contribution in [0, 0.1) is 0 Å². The second-order valence-electron chi connectivity index (χ2n) is 4.50. The van der Waals surface area contributed by atoms with Gasteiger partial charge in [0.15, 0.2) is 11.8 Å². The highest BCUT2D eigenvalue weighted by Crippen LogP contribution is 2.36. The normalized spacial score (nSPS) is 21.7. The Morgan fingerprint density at radius 3 is 2.55 bits per heavy atom. The molecule has 1 aromatic rings. The molecule has 20 heavy (non-hydrogen) atoms. The molecule has 1 atom stereocenters. The zero-order chi connectivity index (χ0) is 15.0. The average molecular weight is 288 g/mol. The molecule has 1 aliphatic heterocycles. The molecule has 1 aromatic carbocycles. The number of fused-ring (bicyclic) bond motifs is 1. The number of aliphatic hydroxyl groups excluding tert-OH is 1. The second kappa shape index (κ2) is 4.78. The summed E-state index contributed by atoms with van der Waals surface area (Å²) < 4.78 is 37.6. The van der Waals surface area contributed by atoms with Crippen LogP contribution >= 0.6 is 0 Å². The Bertz CT molecular complexity index is 559. The van der Waals surface area contributed by atoms with Crippen molar-refractivity contribution in [2.24, 2.45) is 0 Å². The van der Waals surface area contributed by atoms with Gasteiger partial charge in [0.05, 0.1) is 24.4 Å². The Morgan fingerprint density at radius 2 is 2.00 bits per heavy atom. The molecule has 8 heteroatoms. The lowest BCUT2D eigenvalue weighted by molar-refractivity contribution is -0.156. The standard InChI is InChI=1S/C12H11F3N2O3/c13-12(14,15)5-11(6-19)10(20)16-9-3-7(4-18)1-2-8(9)17-11/h1-3,6,17-18H,4-5H2,(H,16,20). The Balaban J connectivity index is 2.39. The summed E-state index contributed by atoms with van der Waals surface area (Å²) in [5.74, 6) is -1.08. The highest BCUT2D eigenvalue weighted by Gasteiger charge is 2.50. The monoisotopic (exact) mass is 288 g/mol. The zero-order valence-electron chi connectivity index (χ0n) is 10.1. The number of aldehydes is 1. The molecule has 3 N–H and O–H groups in total. The molecule has 0 saturated heterocycles. The molecular weight excluding hydrogens is 277 g/mol. The van der Waals surface area contributed by atoms with Gasteiger partial charge in [-0.25, -0.2) is 0 Å². The third kappa shape index (κ3) is 2.60. The zero-order valence-corrected chi connectivity index (χ0v) is 10.1. The topological polar surface area (TPSA) is 78.4 Å². The van der Waals surface area contributed by atoms with Crippen molar-refractivity contribution >= 4 is 23.6 Å². The predicted molar refractivity (Wildman–Crippen MR) is 64.1 cm³/mol. The van der Waals surface area contributed by atoms with Gasteiger partial charge >= 0.3 is 6.18 Å². The first-order valence-electron chi connectivity index (χ1n) is 5.66. The predicted octanol–water partition coefficient (Wildman–Crippen LogP) is 1.43. The first-order valence-corrected chi connectivity index (χ1v) is 5.66. The van der Waals surface area contributed by atoms with Gasteiger partial charge in [0.25, 0.3) is 5.91 Å². The SMILES string of the molecule is O=CC1(CC(F)(F)F)Nc2ccc(CO)cc2NC1=O. The van der Waals surface area contributed by atoms with E-state index in [4.69, 9.17) is 5.11 Å². The van der Waals surface area contributed by atoms with Crippen LogP contribution in [0.5, 0.6) is 0 Å². The number of alkyl halides is 3. The second-order valence-corrected chi connectivity index (χ2v) is 4.50. The van der Waals surface area contributed by atoms with Crippen molar-refractivity contribution in [2.75, 3.05) is 10.6 Å². The Hall–Kier alpha value is -2.09. The molecular formula is C12H11F3N2O3. The highest BCUT2D eigenvalue weighted by molar-refractivity contribution is 6.15. The number of aliphatic hydroxyl groups is 1. The van der Waals surface area contributed by atoms with Gasteiger partial charge in [-0.15, -0.1) is 0 Å².